The molecule has 0 radical (unpaired) electrons. The van der Waals surface area contributed by atoms with Crippen molar-refractivity contribution in [3.8, 4) is 5.88 Å². The molecule has 1 aromatic carbocycles. The second-order valence-electron chi connectivity index (χ2n) is 8.47. The maximum absolute atomic E-state index is 13.2. The van der Waals surface area contributed by atoms with Crippen molar-refractivity contribution in [3.05, 3.63) is 97.4 Å². The molecule has 3 aromatic rings. The number of aromatic nitrogens is 5. The van der Waals surface area contributed by atoms with E-state index in [1.54, 1.807) is 18.2 Å². The van der Waals surface area contributed by atoms with Crippen LogP contribution in [0.1, 0.15) is 42.7 Å². The van der Waals surface area contributed by atoms with Gasteiger partial charge in [-0.15, -0.1) is 0 Å². The molecule has 0 aliphatic heterocycles. The lowest BCUT2D eigenvalue weighted by Crippen LogP contribution is -2.43. The topological polar surface area (TPSA) is 141 Å². The molecular formula is C25H25ClN6O5. The van der Waals surface area contributed by atoms with E-state index < -0.39 is 17.3 Å². The number of benzene rings is 1. The Morgan fingerprint density at radius 3 is 2.57 bits per heavy atom. The van der Waals surface area contributed by atoms with Gasteiger partial charge in [0, 0.05) is 11.6 Å². The molecule has 2 aromatic heterocycles. The van der Waals surface area contributed by atoms with Crippen LogP contribution in [0.25, 0.3) is 0 Å². The van der Waals surface area contributed by atoms with Gasteiger partial charge in [0.2, 0.25) is 11.8 Å². The number of hydrogen-bond donors (Lipinski definition) is 2. The zero-order valence-electron chi connectivity index (χ0n) is 20.2. The highest BCUT2D eigenvalue weighted by atomic mass is 35.5. The van der Waals surface area contributed by atoms with Gasteiger partial charge in [0.15, 0.2) is 5.69 Å². The lowest BCUT2D eigenvalue weighted by molar-refractivity contribution is 0.0690. The second-order valence-corrected chi connectivity index (χ2v) is 8.91. The quantitative estimate of drug-likeness (QED) is 0.431. The Hall–Kier alpha value is -4.25. The number of carbonyl (C=O) groups is 1. The Labute approximate surface area is 216 Å². The molecule has 2 heterocycles. The van der Waals surface area contributed by atoms with Crippen molar-refractivity contribution in [1.82, 2.24) is 24.1 Å². The summed E-state index contributed by atoms with van der Waals surface area (Å²) in [6.45, 7) is 4.24. The van der Waals surface area contributed by atoms with Gasteiger partial charge in [0.25, 0.3) is 0 Å². The first-order valence-electron chi connectivity index (χ1n) is 11.6. The normalized spacial score (nSPS) is 15.1. The molecule has 0 bridgehead atoms. The van der Waals surface area contributed by atoms with Gasteiger partial charge in [-0.05, 0) is 49.1 Å². The van der Waals surface area contributed by atoms with E-state index in [9.17, 15) is 14.4 Å². The highest BCUT2D eigenvalue weighted by Gasteiger charge is 2.20. The van der Waals surface area contributed by atoms with Crippen molar-refractivity contribution in [2.45, 2.75) is 45.8 Å². The van der Waals surface area contributed by atoms with E-state index in [2.05, 4.69) is 20.3 Å². The number of carboxylic acids is 1. The van der Waals surface area contributed by atoms with Gasteiger partial charge in [-0.2, -0.15) is 4.98 Å². The predicted octanol–water partition coefficient (Wildman–Crippen LogP) is 3.10. The minimum atomic E-state index is -1.17. The molecule has 1 aliphatic carbocycles. The molecule has 11 nitrogen and oxygen atoms in total. The Bertz CT molecular complexity index is 1480. The van der Waals surface area contributed by atoms with Crippen LogP contribution in [0.3, 0.4) is 0 Å². The summed E-state index contributed by atoms with van der Waals surface area (Å²) in [5, 5.41) is 12.7. The highest BCUT2D eigenvalue weighted by Crippen LogP contribution is 2.23. The van der Waals surface area contributed by atoms with Crippen LogP contribution in [-0.2, 0) is 13.1 Å². The molecule has 0 spiro atoms. The summed E-state index contributed by atoms with van der Waals surface area (Å²) < 4.78 is 8.33. The maximum atomic E-state index is 13.2. The van der Waals surface area contributed by atoms with Crippen molar-refractivity contribution in [2.75, 3.05) is 5.32 Å². The number of nitrogens with one attached hydrogen (secondary N) is 1. The molecule has 0 saturated heterocycles. The van der Waals surface area contributed by atoms with Gasteiger partial charge in [0.1, 0.15) is 5.76 Å². The third-order valence-electron chi connectivity index (χ3n) is 5.65. The first-order valence-corrected chi connectivity index (χ1v) is 12.0. The van der Waals surface area contributed by atoms with E-state index in [1.807, 2.05) is 32.1 Å². The summed E-state index contributed by atoms with van der Waals surface area (Å²) in [5.74, 6) is -0.306. The van der Waals surface area contributed by atoms with Crippen molar-refractivity contribution < 1.29 is 14.6 Å². The monoisotopic (exact) mass is 524 g/mol. The molecule has 4 rings (SSSR count). The first kappa shape index (κ1) is 25.8. The van der Waals surface area contributed by atoms with Crippen LogP contribution in [0.15, 0.2) is 69.7 Å². The maximum Gasteiger partial charge on any atom is 0.356 e. The fourth-order valence-electron chi connectivity index (χ4n) is 3.79. The lowest BCUT2D eigenvalue weighted by Gasteiger charge is -2.23. The lowest BCUT2D eigenvalue weighted by atomic mass is 10.0. The van der Waals surface area contributed by atoms with E-state index in [0.717, 1.165) is 21.9 Å². The van der Waals surface area contributed by atoms with Gasteiger partial charge in [-0.3, -0.25) is 4.57 Å². The molecule has 0 saturated carbocycles. The second kappa shape index (κ2) is 11.2. The molecule has 1 aliphatic rings. The third kappa shape index (κ3) is 6.12. The molecule has 2 N–H and O–H groups in total. The van der Waals surface area contributed by atoms with Crippen LogP contribution in [0, 0.1) is 0 Å². The van der Waals surface area contributed by atoms with Crippen molar-refractivity contribution >= 4 is 23.5 Å². The molecule has 0 amide bonds. The summed E-state index contributed by atoms with van der Waals surface area (Å²) in [6, 6.07) is 6.85. The zero-order valence-corrected chi connectivity index (χ0v) is 21.0. The van der Waals surface area contributed by atoms with E-state index in [-0.39, 0.29) is 36.7 Å². The van der Waals surface area contributed by atoms with Gasteiger partial charge in [-0.25, -0.2) is 28.9 Å². The average molecular weight is 525 g/mol. The Morgan fingerprint density at radius 2 is 1.95 bits per heavy atom. The van der Waals surface area contributed by atoms with Crippen molar-refractivity contribution in [3.63, 3.8) is 0 Å². The molecule has 12 heteroatoms. The number of nitrogens with zero attached hydrogens (tertiary/aromatic N) is 5. The first-order chi connectivity index (χ1) is 17.7. The zero-order chi connectivity index (χ0) is 26.5. The largest absolute Gasteiger partial charge is 0.476 e. The summed E-state index contributed by atoms with van der Waals surface area (Å²) in [7, 11) is 0. The minimum Gasteiger partial charge on any atom is -0.476 e. The SMILES string of the molecule is CCCn1c(=O)nc(NC2C=CC(Oc3cnc(C(=O)O)cn3)=C(C)C2)n(Cc2ccc(Cl)cc2)c1=O. The number of carboxylic acid groups (broad SMARTS) is 1. The molecular weight excluding hydrogens is 500 g/mol. The Morgan fingerprint density at radius 1 is 1.19 bits per heavy atom. The number of hydrogen-bond acceptors (Lipinski definition) is 8. The predicted molar refractivity (Wildman–Crippen MR) is 137 cm³/mol. The van der Waals surface area contributed by atoms with Gasteiger partial charge < -0.3 is 15.2 Å². The van der Waals surface area contributed by atoms with Crippen LogP contribution < -0.4 is 21.4 Å². The van der Waals surface area contributed by atoms with Crippen LogP contribution >= 0.6 is 11.6 Å². The summed E-state index contributed by atoms with van der Waals surface area (Å²) >= 11 is 6.00. The van der Waals surface area contributed by atoms with E-state index >= 15 is 0 Å². The summed E-state index contributed by atoms with van der Waals surface area (Å²) in [6.07, 6.45) is 7.05. The number of halogens is 1. The Kier molecular flexibility index (Phi) is 7.83. The van der Waals surface area contributed by atoms with E-state index in [4.69, 9.17) is 21.4 Å². The molecule has 0 fully saturated rings. The summed E-state index contributed by atoms with van der Waals surface area (Å²) in [5.41, 5.74) is 0.466. The molecule has 1 unspecified atom stereocenters. The number of rotatable bonds is 9. The van der Waals surface area contributed by atoms with Crippen LogP contribution in [-0.4, -0.2) is 41.2 Å². The smallest absolute Gasteiger partial charge is 0.356 e. The number of allylic oxidation sites excluding steroid dienone is 1. The van der Waals surface area contributed by atoms with Crippen LogP contribution in [0.4, 0.5) is 5.95 Å². The average Bonchev–Trinajstić information content (AvgIpc) is 2.87. The van der Waals surface area contributed by atoms with Crippen molar-refractivity contribution in [2.24, 2.45) is 0 Å². The molecule has 192 valence electrons. The van der Waals surface area contributed by atoms with Crippen LogP contribution in [0.5, 0.6) is 5.88 Å². The third-order valence-corrected chi connectivity index (χ3v) is 5.91. The van der Waals surface area contributed by atoms with Crippen molar-refractivity contribution in [1.29, 1.82) is 0 Å². The minimum absolute atomic E-state index is 0.161. The standard InChI is InChI=1S/C25H25ClN6O5/c1-3-10-31-24(35)30-23(32(25(31)36)14-16-4-6-17(26)7-5-16)29-18-8-9-20(15(2)11-18)37-21-13-27-19(12-28-21)22(33)34/h4-9,12-13,18H,3,10-11,14H2,1-2H3,(H,33,34)(H,29,30,35). The van der Waals surface area contributed by atoms with Gasteiger partial charge in [-0.1, -0.05) is 36.7 Å². The van der Waals surface area contributed by atoms with Gasteiger partial charge in [0.05, 0.1) is 25.0 Å². The highest BCUT2D eigenvalue weighted by molar-refractivity contribution is 6.30. The fraction of sp³-hybridized carbons (Fsp3) is 0.280. The number of ether oxygens (including phenoxy) is 1. The van der Waals surface area contributed by atoms with Crippen LogP contribution in [0.2, 0.25) is 5.02 Å². The number of anilines is 1. The summed E-state index contributed by atoms with van der Waals surface area (Å²) in [4.78, 5) is 48.7. The Balaban J connectivity index is 1.56. The van der Waals surface area contributed by atoms with Gasteiger partial charge >= 0.3 is 17.3 Å². The number of aromatic carboxylic acids is 1. The molecule has 1 atom stereocenters. The molecule has 37 heavy (non-hydrogen) atoms. The fourth-order valence-corrected chi connectivity index (χ4v) is 3.92. The van der Waals surface area contributed by atoms with E-state index in [0.29, 0.717) is 23.6 Å². The van der Waals surface area contributed by atoms with E-state index in [1.165, 1.54) is 10.8 Å².